The standard InChI is InChI=1S/C29H34F3N5O2S/c1-5-27(4)17-26(2,3)36(18-27)24-21(25(38)35-40-20-9-7-6-8-10-20)11-12-22(33-24)37-16-13-23(34-37)39-19-28(14-15-28)29(30,31)32/h6-13,16H,5,14-15,17-19H2,1-4H3,(H,35,38)/t27-/m0/s1. The minimum atomic E-state index is -4.29. The largest absolute Gasteiger partial charge is 0.476 e. The lowest BCUT2D eigenvalue weighted by molar-refractivity contribution is -0.194. The number of nitrogens with one attached hydrogen (secondary N) is 1. The maximum Gasteiger partial charge on any atom is 0.397 e. The molecule has 214 valence electrons. The molecule has 0 radical (unpaired) electrons. The highest BCUT2D eigenvalue weighted by Crippen LogP contribution is 2.57. The monoisotopic (exact) mass is 573 g/mol. The van der Waals surface area contributed by atoms with Crippen LogP contribution in [0.4, 0.5) is 19.0 Å². The van der Waals surface area contributed by atoms with E-state index in [1.807, 2.05) is 30.3 Å². The molecule has 2 fully saturated rings. The first-order valence-electron chi connectivity index (χ1n) is 13.4. The first-order chi connectivity index (χ1) is 18.8. The quantitative estimate of drug-likeness (QED) is 0.283. The van der Waals surface area contributed by atoms with Gasteiger partial charge < -0.3 is 9.64 Å². The average Bonchev–Trinajstić information content (AvgIpc) is 3.51. The molecule has 1 saturated heterocycles. The van der Waals surface area contributed by atoms with Crippen molar-refractivity contribution in [3.05, 3.63) is 60.3 Å². The van der Waals surface area contributed by atoms with Crippen molar-refractivity contribution in [2.75, 3.05) is 18.1 Å². The maximum absolute atomic E-state index is 13.4. The first kappa shape index (κ1) is 28.3. The number of benzene rings is 1. The summed E-state index contributed by atoms with van der Waals surface area (Å²) in [5.41, 5.74) is -1.54. The van der Waals surface area contributed by atoms with Gasteiger partial charge in [0.05, 0.1) is 5.56 Å². The summed E-state index contributed by atoms with van der Waals surface area (Å²) in [6.45, 7) is 8.99. The van der Waals surface area contributed by atoms with Crippen LogP contribution in [0.3, 0.4) is 0 Å². The molecule has 1 saturated carbocycles. The Bertz CT molecular complexity index is 1370. The molecule has 1 aliphatic carbocycles. The lowest BCUT2D eigenvalue weighted by Crippen LogP contribution is -2.40. The van der Waals surface area contributed by atoms with Crippen molar-refractivity contribution in [3.8, 4) is 11.7 Å². The molecular formula is C29H34F3N5O2S. The number of halogens is 3. The average molecular weight is 574 g/mol. The van der Waals surface area contributed by atoms with E-state index < -0.39 is 18.2 Å². The number of carbonyl (C=O) groups excluding carboxylic acids is 1. The molecule has 11 heteroatoms. The Hall–Kier alpha value is -3.21. The van der Waals surface area contributed by atoms with Gasteiger partial charge >= 0.3 is 6.18 Å². The number of pyridine rings is 1. The van der Waals surface area contributed by atoms with Crippen LogP contribution < -0.4 is 14.4 Å². The van der Waals surface area contributed by atoms with Gasteiger partial charge in [-0.2, -0.15) is 13.2 Å². The van der Waals surface area contributed by atoms with Gasteiger partial charge in [0.2, 0.25) is 5.88 Å². The van der Waals surface area contributed by atoms with Gasteiger partial charge in [-0.25, -0.2) is 9.67 Å². The molecule has 1 N–H and O–H groups in total. The fourth-order valence-electron chi connectivity index (χ4n) is 5.37. The van der Waals surface area contributed by atoms with E-state index in [9.17, 15) is 18.0 Å². The molecule has 3 aromatic rings. The van der Waals surface area contributed by atoms with Gasteiger partial charge in [-0.3, -0.25) is 9.52 Å². The Kier molecular flexibility index (Phi) is 7.31. The summed E-state index contributed by atoms with van der Waals surface area (Å²) in [7, 11) is 0. The summed E-state index contributed by atoms with van der Waals surface area (Å²) < 4.78 is 49.8. The van der Waals surface area contributed by atoms with Crippen LogP contribution in [0.1, 0.15) is 63.7 Å². The van der Waals surface area contributed by atoms with Crippen molar-refractivity contribution in [2.45, 2.75) is 70.0 Å². The Balaban J connectivity index is 1.42. The number of hydrogen-bond donors (Lipinski definition) is 1. The predicted octanol–water partition coefficient (Wildman–Crippen LogP) is 6.83. The fourth-order valence-corrected chi connectivity index (χ4v) is 5.99. The number of ether oxygens (including phenoxy) is 1. The smallest absolute Gasteiger partial charge is 0.397 e. The molecule has 0 unspecified atom stereocenters. The zero-order valence-corrected chi connectivity index (χ0v) is 23.9. The molecule has 2 aliphatic rings. The molecule has 7 nitrogen and oxygen atoms in total. The van der Waals surface area contributed by atoms with Crippen molar-refractivity contribution < 1.29 is 22.7 Å². The number of nitrogens with zero attached hydrogens (tertiary/aromatic N) is 4. The highest BCUT2D eigenvalue weighted by molar-refractivity contribution is 7.98. The molecule has 5 rings (SSSR count). The lowest BCUT2D eigenvalue weighted by Gasteiger charge is -2.34. The summed E-state index contributed by atoms with van der Waals surface area (Å²) >= 11 is 1.24. The second-order valence-corrected chi connectivity index (χ2v) is 12.7. The summed E-state index contributed by atoms with van der Waals surface area (Å²) in [6, 6.07) is 14.5. The molecular weight excluding hydrogens is 539 g/mol. The highest BCUT2D eigenvalue weighted by Gasteiger charge is 2.64. The van der Waals surface area contributed by atoms with Gasteiger partial charge in [0, 0.05) is 29.2 Å². The van der Waals surface area contributed by atoms with E-state index in [0.717, 1.165) is 24.3 Å². The Labute approximate surface area is 236 Å². The van der Waals surface area contributed by atoms with Crippen molar-refractivity contribution in [1.29, 1.82) is 0 Å². The van der Waals surface area contributed by atoms with Crippen LogP contribution in [0.2, 0.25) is 0 Å². The number of anilines is 1. The van der Waals surface area contributed by atoms with Crippen molar-refractivity contribution in [2.24, 2.45) is 10.8 Å². The van der Waals surface area contributed by atoms with Crippen LogP contribution in [0.15, 0.2) is 59.6 Å². The number of carbonyl (C=O) groups is 1. The first-order valence-corrected chi connectivity index (χ1v) is 14.2. The second kappa shape index (κ2) is 10.3. The zero-order valence-electron chi connectivity index (χ0n) is 23.1. The molecule has 1 atom stereocenters. The van der Waals surface area contributed by atoms with Crippen molar-refractivity contribution >= 4 is 23.7 Å². The van der Waals surface area contributed by atoms with Gasteiger partial charge in [0.15, 0.2) is 5.82 Å². The number of hydrogen-bond acceptors (Lipinski definition) is 6. The van der Waals surface area contributed by atoms with E-state index in [2.05, 4.69) is 42.4 Å². The molecule has 3 heterocycles. The summed E-state index contributed by atoms with van der Waals surface area (Å²) in [4.78, 5) is 21.4. The van der Waals surface area contributed by atoms with E-state index in [-0.39, 0.29) is 35.6 Å². The van der Waals surface area contributed by atoms with Gasteiger partial charge in [0.1, 0.15) is 17.8 Å². The zero-order chi connectivity index (χ0) is 28.8. The van der Waals surface area contributed by atoms with E-state index >= 15 is 0 Å². The van der Waals surface area contributed by atoms with Crippen LogP contribution in [0.25, 0.3) is 5.82 Å². The van der Waals surface area contributed by atoms with Gasteiger partial charge in [-0.1, -0.05) is 32.0 Å². The topological polar surface area (TPSA) is 72.3 Å². The molecule has 1 amide bonds. The summed E-state index contributed by atoms with van der Waals surface area (Å²) in [5, 5.41) is 4.33. The van der Waals surface area contributed by atoms with E-state index in [1.165, 1.54) is 22.7 Å². The van der Waals surface area contributed by atoms with Crippen LogP contribution in [-0.2, 0) is 0 Å². The fraction of sp³-hybridized carbons (Fsp3) is 0.483. The highest BCUT2D eigenvalue weighted by atomic mass is 32.2. The van der Waals surface area contributed by atoms with E-state index in [1.54, 1.807) is 18.3 Å². The summed E-state index contributed by atoms with van der Waals surface area (Å²) in [6.07, 6.45) is -0.644. The van der Waals surface area contributed by atoms with E-state index in [4.69, 9.17) is 9.72 Å². The molecule has 0 spiro atoms. The van der Waals surface area contributed by atoms with Crippen LogP contribution in [0.5, 0.6) is 5.88 Å². The number of amides is 1. The molecule has 1 aliphatic heterocycles. The molecule has 1 aromatic carbocycles. The van der Waals surface area contributed by atoms with Crippen LogP contribution in [-0.4, -0.2) is 45.5 Å². The third-order valence-electron chi connectivity index (χ3n) is 8.10. The van der Waals surface area contributed by atoms with Gasteiger partial charge in [-0.15, -0.1) is 5.10 Å². The second-order valence-electron chi connectivity index (χ2n) is 11.8. The molecule has 40 heavy (non-hydrogen) atoms. The number of rotatable bonds is 9. The predicted molar refractivity (Wildman–Crippen MR) is 149 cm³/mol. The SMILES string of the molecule is CC[C@]1(C)CN(c2nc(-n3ccc(OCC4(C(F)(F)F)CC4)n3)ccc2C(=O)NSc2ccccc2)C(C)(C)C1. The number of alkyl halides is 3. The Morgan fingerprint density at radius 2 is 1.82 bits per heavy atom. The molecule has 0 bridgehead atoms. The number of aromatic nitrogens is 3. The van der Waals surface area contributed by atoms with Gasteiger partial charge in [0.25, 0.3) is 5.91 Å². The molecule has 2 aromatic heterocycles. The van der Waals surface area contributed by atoms with E-state index in [0.29, 0.717) is 17.2 Å². The normalized spacial score (nSPS) is 21.3. The summed E-state index contributed by atoms with van der Waals surface area (Å²) in [5.74, 6) is 0.808. The Morgan fingerprint density at radius 1 is 1.10 bits per heavy atom. The van der Waals surface area contributed by atoms with Crippen molar-refractivity contribution in [1.82, 2.24) is 19.5 Å². The maximum atomic E-state index is 13.4. The van der Waals surface area contributed by atoms with Crippen molar-refractivity contribution in [3.63, 3.8) is 0 Å². The van der Waals surface area contributed by atoms with Crippen LogP contribution in [0, 0.1) is 10.8 Å². The third-order valence-corrected chi connectivity index (χ3v) is 8.89. The van der Waals surface area contributed by atoms with Crippen LogP contribution >= 0.6 is 11.9 Å². The minimum Gasteiger partial charge on any atom is -0.476 e. The van der Waals surface area contributed by atoms with Gasteiger partial charge in [-0.05, 0) is 81.2 Å². The Morgan fingerprint density at radius 3 is 2.45 bits per heavy atom. The lowest BCUT2D eigenvalue weighted by atomic mass is 9.82. The minimum absolute atomic E-state index is 0.0533. The third kappa shape index (κ3) is 5.66.